The first-order valence-electron chi connectivity index (χ1n) is 5.32. The van der Waals surface area contributed by atoms with Crippen LogP contribution in [0.25, 0.3) is 0 Å². The molecule has 3 nitrogen and oxygen atoms in total. The van der Waals surface area contributed by atoms with Crippen LogP contribution >= 0.6 is 0 Å². The molecule has 2 aromatic rings. The molecule has 0 aliphatic rings. The Bertz CT molecular complexity index is 436. The van der Waals surface area contributed by atoms with E-state index < -0.39 is 0 Å². The number of para-hydroxylation sites is 1. The number of nitrogens with two attached hydrogens (primary N) is 1. The van der Waals surface area contributed by atoms with Crippen LogP contribution in [0.15, 0.2) is 47.1 Å². The number of benzene rings is 1. The minimum Gasteiger partial charge on any atom is -0.467 e. The topological polar surface area (TPSA) is 42.4 Å². The normalized spacial score (nSPS) is 10.4. The highest BCUT2D eigenvalue weighted by atomic mass is 16.3. The summed E-state index contributed by atoms with van der Waals surface area (Å²) in [5.41, 5.74) is 7.74. The van der Waals surface area contributed by atoms with Gasteiger partial charge in [0.25, 0.3) is 0 Å². The summed E-state index contributed by atoms with van der Waals surface area (Å²) in [6.45, 7) is 1.28. The second kappa shape index (κ2) is 4.86. The molecule has 0 fully saturated rings. The zero-order chi connectivity index (χ0) is 11.4. The van der Waals surface area contributed by atoms with E-state index in [1.807, 2.05) is 31.3 Å². The maximum absolute atomic E-state index is 5.53. The molecule has 0 atom stereocenters. The lowest BCUT2D eigenvalue weighted by atomic mass is 10.2. The van der Waals surface area contributed by atoms with Gasteiger partial charge in [0.15, 0.2) is 0 Å². The summed E-state index contributed by atoms with van der Waals surface area (Å²) in [6, 6.07) is 12.2. The Balaban J connectivity index is 2.05. The maximum Gasteiger partial charge on any atom is 0.123 e. The quantitative estimate of drug-likeness (QED) is 0.853. The van der Waals surface area contributed by atoms with Crippen LogP contribution in [0.5, 0.6) is 0 Å². The van der Waals surface area contributed by atoms with Gasteiger partial charge < -0.3 is 15.1 Å². The molecule has 16 heavy (non-hydrogen) atoms. The Morgan fingerprint density at radius 1 is 1.25 bits per heavy atom. The van der Waals surface area contributed by atoms with Crippen molar-refractivity contribution < 1.29 is 4.42 Å². The third-order valence-electron chi connectivity index (χ3n) is 2.53. The fraction of sp³-hybridized carbons (Fsp3) is 0.231. The third-order valence-corrected chi connectivity index (χ3v) is 2.53. The summed E-state index contributed by atoms with van der Waals surface area (Å²) in [5, 5.41) is 0. The average Bonchev–Trinajstić information content (AvgIpc) is 2.78. The summed E-state index contributed by atoms with van der Waals surface area (Å²) in [5.74, 6) is 0.937. The van der Waals surface area contributed by atoms with Gasteiger partial charge >= 0.3 is 0 Å². The lowest BCUT2D eigenvalue weighted by Gasteiger charge is -2.17. The second-order valence-electron chi connectivity index (χ2n) is 3.82. The first-order valence-corrected chi connectivity index (χ1v) is 5.32. The maximum atomic E-state index is 5.53. The predicted octanol–water partition coefficient (Wildman–Crippen LogP) is 2.37. The molecular formula is C13H16N2O. The molecule has 0 aliphatic heterocycles. The number of hydrogen-bond acceptors (Lipinski definition) is 3. The van der Waals surface area contributed by atoms with Crippen molar-refractivity contribution in [2.45, 2.75) is 13.1 Å². The van der Waals surface area contributed by atoms with Crippen LogP contribution in [-0.4, -0.2) is 7.05 Å². The Morgan fingerprint density at radius 3 is 2.62 bits per heavy atom. The molecule has 3 heteroatoms. The summed E-state index contributed by atoms with van der Waals surface area (Å²) in [4.78, 5) is 2.14. The molecule has 0 unspecified atom stereocenters. The first kappa shape index (κ1) is 10.8. The molecule has 0 amide bonds. The van der Waals surface area contributed by atoms with Crippen molar-refractivity contribution in [3.63, 3.8) is 0 Å². The Morgan fingerprint density at radius 2 is 2.00 bits per heavy atom. The van der Waals surface area contributed by atoms with E-state index in [1.54, 1.807) is 6.26 Å². The lowest BCUT2D eigenvalue weighted by molar-refractivity contribution is 0.506. The fourth-order valence-corrected chi connectivity index (χ4v) is 1.62. The first-order chi connectivity index (χ1) is 7.79. The van der Waals surface area contributed by atoms with Gasteiger partial charge in [-0.1, -0.05) is 18.2 Å². The van der Waals surface area contributed by atoms with Crippen LogP contribution in [0.2, 0.25) is 0 Å². The second-order valence-corrected chi connectivity index (χ2v) is 3.82. The molecule has 84 valence electrons. The smallest absolute Gasteiger partial charge is 0.123 e. The summed E-state index contributed by atoms with van der Waals surface area (Å²) < 4.78 is 5.43. The molecule has 1 aromatic heterocycles. The van der Waals surface area contributed by atoms with Crippen LogP contribution in [0.1, 0.15) is 11.3 Å². The monoisotopic (exact) mass is 216 g/mol. The van der Waals surface area contributed by atoms with Gasteiger partial charge in [-0.3, -0.25) is 0 Å². The molecule has 0 aliphatic carbocycles. The van der Waals surface area contributed by atoms with Gasteiger partial charge in [-0.2, -0.15) is 0 Å². The number of anilines is 1. The van der Waals surface area contributed by atoms with E-state index in [1.165, 1.54) is 5.69 Å². The number of nitrogens with zero attached hydrogens (tertiary/aromatic N) is 1. The Labute approximate surface area is 95.5 Å². The zero-order valence-electron chi connectivity index (χ0n) is 9.39. The summed E-state index contributed by atoms with van der Waals surface area (Å²) in [7, 11) is 2.04. The number of furan rings is 1. The van der Waals surface area contributed by atoms with Gasteiger partial charge in [0.05, 0.1) is 12.8 Å². The van der Waals surface area contributed by atoms with E-state index in [0.29, 0.717) is 6.54 Å². The summed E-state index contributed by atoms with van der Waals surface area (Å²) in [6.07, 6.45) is 1.72. The minimum absolute atomic E-state index is 0.526. The molecule has 0 radical (unpaired) electrons. The van der Waals surface area contributed by atoms with Gasteiger partial charge in [0, 0.05) is 24.8 Å². The van der Waals surface area contributed by atoms with E-state index in [-0.39, 0.29) is 0 Å². The van der Waals surface area contributed by atoms with Gasteiger partial charge in [0.1, 0.15) is 5.76 Å². The minimum atomic E-state index is 0.526. The third kappa shape index (κ3) is 2.44. The highest BCUT2D eigenvalue weighted by Gasteiger charge is 2.05. The fourth-order valence-electron chi connectivity index (χ4n) is 1.62. The van der Waals surface area contributed by atoms with Crippen molar-refractivity contribution in [3.05, 3.63) is 54.0 Å². The van der Waals surface area contributed by atoms with Crippen molar-refractivity contribution >= 4 is 5.69 Å². The van der Waals surface area contributed by atoms with E-state index in [4.69, 9.17) is 10.2 Å². The molecule has 0 spiro atoms. The van der Waals surface area contributed by atoms with Crippen molar-refractivity contribution in [3.8, 4) is 0 Å². The average molecular weight is 216 g/mol. The summed E-state index contributed by atoms with van der Waals surface area (Å²) >= 11 is 0. The van der Waals surface area contributed by atoms with Crippen LogP contribution in [0.4, 0.5) is 5.69 Å². The standard InChI is InChI=1S/C13H16N2O/c1-15(12-5-3-2-4-6-12)9-13-7-11(8-14)10-16-13/h2-7,10H,8-9,14H2,1H3. The van der Waals surface area contributed by atoms with Crippen LogP contribution in [0, 0.1) is 0 Å². The predicted molar refractivity (Wildman–Crippen MR) is 65.1 cm³/mol. The van der Waals surface area contributed by atoms with Crippen molar-refractivity contribution in [2.75, 3.05) is 11.9 Å². The SMILES string of the molecule is CN(Cc1cc(CN)co1)c1ccccc1. The molecule has 2 N–H and O–H groups in total. The molecule has 0 saturated carbocycles. The molecule has 0 bridgehead atoms. The molecule has 0 saturated heterocycles. The number of rotatable bonds is 4. The van der Waals surface area contributed by atoms with Crippen molar-refractivity contribution in [1.29, 1.82) is 0 Å². The van der Waals surface area contributed by atoms with Gasteiger partial charge in [0.2, 0.25) is 0 Å². The van der Waals surface area contributed by atoms with Crippen LogP contribution in [-0.2, 0) is 13.1 Å². The largest absolute Gasteiger partial charge is 0.467 e. The van der Waals surface area contributed by atoms with E-state index in [2.05, 4.69) is 17.0 Å². The Hall–Kier alpha value is -1.74. The van der Waals surface area contributed by atoms with E-state index in [9.17, 15) is 0 Å². The Kier molecular flexibility index (Phi) is 3.27. The lowest BCUT2D eigenvalue weighted by Crippen LogP contribution is -2.15. The van der Waals surface area contributed by atoms with Gasteiger partial charge in [-0.25, -0.2) is 0 Å². The van der Waals surface area contributed by atoms with Crippen molar-refractivity contribution in [2.24, 2.45) is 5.73 Å². The van der Waals surface area contributed by atoms with Crippen LogP contribution < -0.4 is 10.6 Å². The van der Waals surface area contributed by atoms with E-state index >= 15 is 0 Å². The molecular weight excluding hydrogens is 200 g/mol. The molecule has 1 aromatic carbocycles. The number of hydrogen-bond donors (Lipinski definition) is 1. The molecule has 1 heterocycles. The van der Waals surface area contributed by atoms with Crippen molar-refractivity contribution in [1.82, 2.24) is 0 Å². The van der Waals surface area contributed by atoms with Gasteiger partial charge in [-0.05, 0) is 18.2 Å². The zero-order valence-corrected chi connectivity index (χ0v) is 9.39. The van der Waals surface area contributed by atoms with Crippen LogP contribution in [0.3, 0.4) is 0 Å². The molecule has 2 rings (SSSR count). The highest BCUT2D eigenvalue weighted by molar-refractivity contribution is 5.45. The van der Waals surface area contributed by atoms with Gasteiger partial charge in [-0.15, -0.1) is 0 Å². The highest BCUT2D eigenvalue weighted by Crippen LogP contribution is 2.16. The van der Waals surface area contributed by atoms with E-state index in [0.717, 1.165) is 17.9 Å².